The number of amides is 1. The molecule has 1 aliphatic rings. The number of hydrogen-bond acceptors (Lipinski definition) is 3. The van der Waals surface area contributed by atoms with Gasteiger partial charge in [0.25, 0.3) is 5.91 Å². The Labute approximate surface area is 105 Å². The highest BCUT2D eigenvalue weighted by Gasteiger charge is 2.26. The second kappa shape index (κ2) is 4.68. The molecular weight excluding hydrogens is 230 g/mol. The number of rotatable bonds is 2. The van der Waals surface area contributed by atoms with E-state index in [1.54, 1.807) is 18.3 Å². The first-order chi connectivity index (χ1) is 8.84. The first kappa shape index (κ1) is 11.1. The van der Waals surface area contributed by atoms with Crippen LogP contribution in [-0.4, -0.2) is 33.9 Å². The van der Waals surface area contributed by atoms with Crippen LogP contribution in [0.3, 0.4) is 0 Å². The molecule has 5 heteroatoms. The molecule has 2 aromatic rings. The Balaban J connectivity index is 1.62. The van der Waals surface area contributed by atoms with Crippen LogP contribution in [0.5, 0.6) is 0 Å². The lowest BCUT2D eigenvalue weighted by Crippen LogP contribution is -2.37. The summed E-state index contributed by atoms with van der Waals surface area (Å²) in [7, 11) is 0. The van der Waals surface area contributed by atoms with Crippen molar-refractivity contribution in [1.29, 1.82) is 0 Å². The van der Waals surface area contributed by atoms with E-state index >= 15 is 0 Å². The lowest BCUT2D eigenvalue weighted by Gasteiger charge is -2.30. The third-order valence-electron chi connectivity index (χ3n) is 3.42. The summed E-state index contributed by atoms with van der Waals surface area (Å²) in [6.45, 7) is 1.51. The third-order valence-corrected chi connectivity index (χ3v) is 3.42. The van der Waals surface area contributed by atoms with Gasteiger partial charge in [-0.2, -0.15) is 0 Å². The standard InChI is InChI=1S/C13H15N3O2/c17-13(11-2-1-9-18-11)16-7-3-10(4-8-16)12-14-5-6-15-12/h1-2,5-6,9-10H,3-4,7-8H2,(H,14,15). The average Bonchev–Trinajstić information content (AvgIpc) is 3.11. The van der Waals surface area contributed by atoms with Crippen LogP contribution in [-0.2, 0) is 0 Å². The van der Waals surface area contributed by atoms with E-state index < -0.39 is 0 Å². The molecule has 94 valence electrons. The Bertz CT molecular complexity index is 496. The molecule has 0 radical (unpaired) electrons. The van der Waals surface area contributed by atoms with Crippen molar-refractivity contribution in [3.63, 3.8) is 0 Å². The van der Waals surface area contributed by atoms with E-state index in [-0.39, 0.29) is 5.91 Å². The number of piperidine rings is 1. The van der Waals surface area contributed by atoms with E-state index in [4.69, 9.17) is 4.42 Å². The van der Waals surface area contributed by atoms with Crippen LogP contribution in [0.15, 0.2) is 35.2 Å². The average molecular weight is 245 g/mol. The van der Waals surface area contributed by atoms with Gasteiger partial charge < -0.3 is 14.3 Å². The van der Waals surface area contributed by atoms with E-state index in [2.05, 4.69) is 9.97 Å². The predicted octanol–water partition coefficient (Wildman–Crippen LogP) is 2.02. The van der Waals surface area contributed by atoms with E-state index in [9.17, 15) is 4.79 Å². The minimum absolute atomic E-state index is 0.0158. The third kappa shape index (κ3) is 2.03. The van der Waals surface area contributed by atoms with Crippen molar-refractivity contribution in [2.45, 2.75) is 18.8 Å². The van der Waals surface area contributed by atoms with Gasteiger partial charge in [-0.15, -0.1) is 0 Å². The molecule has 3 rings (SSSR count). The van der Waals surface area contributed by atoms with Crippen LogP contribution in [0.4, 0.5) is 0 Å². The van der Waals surface area contributed by atoms with Crippen molar-refractivity contribution in [1.82, 2.24) is 14.9 Å². The largest absolute Gasteiger partial charge is 0.459 e. The van der Waals surface area contributed by atoms with Gasteiger partial charge in [0.1, 0.15) is 5.82 Å². The Morgan fingerprint density at radius 2 is 2.28 bits per heavy atom. The van der Waals surface area contributed by atoms with Gasteiger partial charge in [0.05, 0.1) is 6.26 Å². The Morgan fingerprint density at radius 3 is 2.89 bits per heavy atom. The van der Waals surface area contributed by atoms with Gasteiger partial charge in [-0.05, 0) is 25.0 Å². The molecule has 0 aliphatic carbocycles. The number of furan rings is 1. The number of nitrogens with one attached hydrogen (secondary N) is 1. The van der Waals surface area contributed by atoms with Crippen LogP contribution in [0.1, 0.15) is 35.1 Å². The normalized spacial score (nSPS) is 17.0. The molecule has 1 fully saturated rings. The minimum atomic E-state index is -0.0158. The quantitative estimate of drug-likeness (QED) is 0.880. The number of carbonyl (C=O) groups is 1. The molecule has 1 saturated heterocycles. The summed E-state index contributed by atoms with van der Waals surface area (Å²) in [5, 5.41) is 0. The van der Waals surface area contributed by atoms with Crippen molar-refractivity contribution >= 4 is 5.91 Å². The molecule has 1 N–H and O–H groups in total. The van der Waals surface area contributed by atoms with E-state index in [1.165, 1.54) is 6.26 Å². The number of nitrogens with zero attached hydrogens (tertiary/aromatic N) is 2. The van der Waals surface area contributed by atoms with Crippen LogP contribution >= 0.6 is 0 Å². The number of hydrogen-bond donors (Lipinski definition) is 1. The molecule has 0 unspecified atom stereocenters. The number of aromatic amines is 1. The molecule has 0 aromatic carbocycles. The van der Waals surface area contributed by atoms with Gasteiger partial charge in [0, 0.05) is 31.4 Å². The summed E-state index contributed by atoms with van der Waals surface area (Å²) < 4.78 is 5.14. The predicted molar refractivity (Wildman–Crippen MR) is 65.2 cm³/mol. The lowest BCUT2D eigenvalue weighted by atomic mass is 9.96. The fraction of sp³-hybridized carbons (Fsp3) is 0.385. The molecular formula is C13H15N3O2. The lowest BCUT2D eigenvalue weighted by molar-refractivity contribution is 0.0679. The zero-order valence-electron chi connectivity index (χ0n) is 10.0. The maximum atomic E-state index is 12.1. The number of aromatic nitrogens is 2. The smallest absolute Gasteiger partial charge is 0.289 e. The Kier molecular flexibility index (Phi) is 2.88. The topological polar surface area (TPSA) is 62.1 Å². The van der Waals surface area contributed by atoms with Gasteiger partial charge >= 0.3 is 0 Å². The number of imidazole rings is 1. The van der Waals surface area contributed by atoms with Crippen molar-refractivity contribution in [2.75, 3.05) is 13.1 Å². The molecule has 0 saturated carbocycles. The summed E-state index contributed by atoms with van der Waals surface area (Å²) in [5.74, 6) is 1.87. The number of carbonyl (C=O) groups excluding carboxylic acids is 1. The maximum Gasteiger partial charge on any atom is 0.289 e. The van der Waals surface area contributed by atoms with Crippen LogP contribution in [0.25, 0.3) is 0 Å². The molecule has 3 heterocycles. The van der Waals surface area contributed by atoms with Gasteiger partial charge in [-0.3, -0.25) is 4.79 Å². The fourth-order valence-corrected chi connectivity index (χ4v) is 2.41. The molecule has 1 aliphatic heterocycles. The van der Waals surface area contributed by atoms with Crippen LogP contribution < -0.4 is 0 Å². The summed E-state index contributed by atoms with van der Waals surface area (Å²) in [6.07, 6.45) is 7.04. The highest BCUT2D eigenvalue weighted by atomic mass is 16.3. The highest BCUT2D eigenvalue weighted by Crippen LogP contribution is 2.26. The zero-order chi connectivity index (χ0) is 12.4. The summed E-state index contributed by atoms with van der Waals surface area (Å²) >= 11 is 0. The second-order valence-corrected chi connectivity index (χ2v) is 4.52. The molecule has 0 bridgehead atoms. The second-order valence-electron chi connectivity index (χ2n) is 4.52. The molecule has 0 atom stereocenters. The van der Waals surface area contributed by atoms with E-state index in [1.807, 2.05) is 11.1 Å². The summed E-state index contributed by atoms with van der Waals surface area (Å²) in [4.78, 5) is 21.3. The van der Waals surface area contributed by atoms with Crippen LogP contribution in [0, 0.1) is 0 Å². The molecule has 5 nitrogen and oxygen atoms in total. The first-order valence-corrected chi connectivity index (χ1v) is 6.16. The number of likely N-dealkylation sites (tertiary alicyclic amines) is 1. The molecule has 2 aromatic heterocycles. The SMILES string of the molecule is O=C(c1ccco1)N1CCC(c2ncc[nH]2)CC1. The summed E-state index contributed by atoms with van der Waals surface area (Å²) in [5.41, 5.74) is 0. The first-order valence-electron chi connectivity index (χ1n) is 6.16. The van der Waals surface area contributed by atoms with Crippen molar-refractivity contribution < 1.29 is 9.21 Å². The van der Waals surface area contributed by atoms with Gasteiger partial charge in [-0.1, -0.05) is 0 Å². The van der Waals surface area contributed by atoms with Crippen molar-refractivity contribution in [3.05, 3.63) is 42.4 Å². The zero-order valence-corrected chi connectivity index (χ0v) is 10.0. The Morgan fingerprint density at radius 1 is 1.44 bits per heavy atom. The van der Waals surface area contributed by atoms with Crippen LogP contribution in [0.2, 0.25) is 0 Å². The van der Waals surface area contributed by atoms with Gasteiger partial charge in [-0.25, -0.2) is 4.98 Å². The highest BCUT2D eigenvalue weighted by molar-refractivity contribution is 5.91. The van der Waals surface area contributed by atoms with E-state index in [0.29, 0.717) is 11.7 Å². The fourth-order valence-electron chi connectivity index (χ4n) is 2.41. The molecule has 0 spiro atoms. The number of H-pyrrole nitrogens is 1. The monoisotopic (exact) mass is 245 g/mol. The van der Waals surface area contributed by atoms with Gasteiger partial charge in [0.2, 0.25) is 0 Å². The summed E-state index contributed by atoms with van der Waals surface area (Å²) in [6, 6.07) is 3.45. The molecule has 1 amide bonds. The Hall–Kier alpha value is -2.04. The molecule has 18 heavy (non-hydrogen) atoms. The van der Waals surface area contributed by atoms with Crippen molar-refractivity contribution in [2.24, 2.45) is 0 Å². The maximum absolute atomic E-state index is 12.1. The minimum Gasteiger partial charge on any atom is -0.459 e. The van der Waals surface area contributed by atoms with Gasteiger partial charge in [0.15, 0.2) is 5.76 Å². The van der Waals surface area contributed by atoms with E-state index in [0.717, 1.165) is 31.8 Å². The van der Waals surface area contributed by atoms with Crippen molar-refractivity contribution in [3.8, 4) is 0 Å².